The number of ether oxygens (including phenoxy) is 2. The summed E-state index contributed by atoms with van der Waals surface area (Å²) in [5.41, 5.74) is 7.37. The molecule has 0 aliphatic carbocycles. The Balaban J connectivity index is 2.52. The molecule has 0 saturated carbocycles. The van der Waals surface area contributed by atoms with Crippen LogP contribution in [0.4, 0.5) is 0 Å². The molecule has 0 aliphatic heterocycles. The van der Waals surface area contributed by atoms with Crippen LogP contribution >= 0.6 is 0 Å². The maximum atomic E-state index is 5.60. The maximum absolute atomic E-state index is 5.60. The van der Waals surface area contributed by atoms with Crippen LogP contribution in [0, 0.1) is 6.92 Å². The smallest absolute Gasteiger partial charge is 0.146 e. The molecule has 5 nitrogen and oxygen atoms in total. The first-order chi connectivity index (χ1) is 8.69. The Morgan fingerprint density at radius 1 is 1.28 bits per heavy atom. The van der Waals surface area contributed by atoms with Gasteiger partial charge in [-0.25, -0.2) is 4.98 Å². The largest absolute Gasteiger partial charge is 0.497 e. The molecule has 0 atom stereocenters. The van der Waals surface area contributed by atoms with Crippen LogP contribution in [0.3, 0.4) is 0 Å². The summed E-state index contributed by atoms with van der Waals surface area (Å²) in [6.45, 7) is 2.36. The number of methoxy groups -OCH3 is 2. The monoisotopic (exact) mass is 247 g/mol. The van der Waals surface area contributed by atoms with Gasteiger partial charge in [-0.15, -0.1) is 0 Å². The average Bonchev–Trinajstić information content (AvgIpc) is 2.79. The summed E-state index contributed by atoms with van der Waals surface area (Å²) in [6, 6.07) is 5.67. The Kier molecular flexibility index (Phi) is 3.53. The number of aryl methyl sites for hydroxylation is 1. The number of nitrogens with two attached hydrogens (primary N) is 1. The molecule has 2 N–H and O–H groups in total. The highest BCUT2D eigenvalue weighted by atomic mass is 16.5. The van der Waals surface area contributed by atoms with Gasteiger partial charge in [-0.1, -0.05) is 0 Å². The minimum atomic E-state index is 0.423. The second-order valence-electron chi connectivity index (χ2n) is 3.89. The first-order valence-corrected chi connectivity index (χ1v) is 5.67. The van der Waals surface area contributed by atoms with E-state index >= 15 is 0 Å². The number of nitrogens with zero attached hydrogens (tertiary/aromatic N) is 2. The Hall–Kier alpha value is -2.01. The van der Waals surface area contributed by atoms with Gasteiger partial charge in [0, 0.05) is 18.8 Å². The standard InChI is InChI=1S/C13H17N3O2/c1-9-15-10(7-14)8-16(9)12-5-4-11(17-2)6-13(12)18-3/h4-6,8H,7,14H2,1-3H3. The van der Waals surface area contributed by atoms with Crippen LogP contribution in [-0.2, 0) is 6.54 Å². The molecule has 0 unspecified atom stereocenters. The van der Waals surface area contributed by atoms with E-state index in [9.17, 15) is 0 Å². The van der Waals surface area contributed by atoms with Crippen molar-refractivity contribution in [2.75, 3.05) is 14.2 Å². The number of hydrogen-bond donors (Lipinski definition) is 1. The van der Waals surface area contributed by atoms with Gasteiger partial charge < -0.3 is 19.8 Å². The lowest BCUT2D eigenvalue weighted by atomic mass is 10.2. The molecule has 2 rings (SSSR count). The first-order valence-electron chi connectivity index (χ1n) is 5.67. The molecule has 1 aromatic heterocycles. The third kappa shape index (κ3) is 2.17. The lowest BCUT2D eigenvalue weighted by Crippen LogP contribution is -1.99. The van der Waals surface area contributed by atoms with Gasteiger partial charge >= 0.3 is 0 Å². The average molecular weight is 247 g/mol. The van der Waals surface area contributed by atoms with E-state index in [1.807, 2.05) is 35.9 Å². The molecular formula is C13H17N3O2. The third-order valence-corrected chi connectivity index (χ3v) is 2.79. The van der Waals surface area contributed by atoms with Gasteiger partial charge in [-0.2, -0.15) is 0 Å². The van der Waals surface area contributed by atoms with Gasteiger partial charge in [0.2, 0.25) is 0 Å². The minimum Gasteiger partial charge on any atom is -0.497 e. The molecule has 5 heteroatoms. The van der Waals surface area contributed by atoms with Crippen molar-refractivity contribution < 1.29 is 9.47 Å². The van der Waals surface area contributed by atoms with Crippen molar-refractivity contribution in [1.29, 1.82) is 0 Å². The zero-order chi connectivity index (χ0) is 13.1. The van der Waals surface area contributed by atoms with Crippen LogP contribution in [0.15, 0.2) is 24.4 Å². The molecule has 0 aliphatic rings. The van der Waals surface area contributed by atoms with Crippen molar-refractivity contribution in [3.8, 4) is 17.2 Å². The summed E-state index contributed by atoms with van der Waals surface area (Å²) >= 11 is 0. The molecule has 0 radical (unpaired) electrons. The number of hydrogen-bond acceptors (Lipinski definition) is 4. The van der Waals surface area contributed by atoms with Crippen LogP contribution in [0.25, 0.3) is 5.69 Å². The molecule has 2 aromatic rings. The fraction of sp³-hybridized carbons (Fsp3) is 0.308. The van der Waals surface area contributed by atoms with Crippen molar-refractivity contribution >= 4 is 0 Å². The molecular weight excluding hydrogens is 230 g/mol. The number of aromatic nitrogens is 2. The fourth-order valence-electron chi connectivity index (χ4n) is 1.86. The molecule has 1 aromatic carbocycles. The summed E-state index contributed by atoms with van der Waals surface area (Å²) in [7, 11) is 3.26. The van der Waals surface area contributed by atoms with Crippen molar-refractivity contribution in [2.45, 2.75) is 13.5 Å². The second-order valence-corrected chi connectivity index (χ2v) is 3.89. The predicted molar refractivity (Wildman–Crippen MR) is 69.3 cm³/mol. The van der Waals surface area contributed by atoms with Gasteiger partial charge in [-0.3, -0.25) is 0 Å². The molecule has 96 valence electrons. The molecule has 0 spiro atoms. The molecule has 0 amide bonds. The SMILES string of the molecule is COc1ccc(-n2cc(CN)nc2C)c(OC)c1. The van der Waals surface area contributed by atoms with Crippen molar-refractivity contribution in [3.05, 3.63) is 35.9 Å². The second kappa shape index (κ2) is 5.10. The van der Waals surface area contributed by atoms with Crippen LogP contribution in [-0.4, -0.2) is 23.8 Å². The highest BCUT2D eigenvalue weighted by molar-refractivity contribution is 5.51. The Morgan fingerprint density at radius 2 is 2.06 bits per heavy atom. The lowest BCUT2D eigenvalue weighted by Gasteiger charge is -2.12. The van der Waals surface area contributed by atoms with Crippen LogP contribution < -0.4 is 15.2 Å². The summed E-state index contributed by atoms with van der Waals surface area (Å²) in [4.78, 5) is 4.37. The highest BCUT2D eigenvalue weighted by Crippen LogP contribution is 2.28. The lowest BCUT2D eigenvalue weighted by molar-refractivity contribution is 0.393. The Labute approximate surface area is 106 Å². The normalized spacial score (nSPS) is 10.4. The van der Waals surface area contributed by atoms with Crippen LogP contribution in [0.5, 0.6) is 11.5 Å². The number of rotatable bonds is 4. The van der Waals surface area contributed by atoms with Gasteiger partial charge in [0.25, 0.3) is 0 Å². The van der Waals surface area contributed by atoms with E-state index in [0.717, 1.165) is 28.7 Å². The van der Waals surface area contributed by atoms with E-state index in [1.54, 1.807) is 14.2 Å². The first kappa shape index (κ1) is 12.4. The summed E-state index contributed by atoms with van der Waals surface area (Å²) in [6.07, 6.45) is 1.92. The van der Waals surface area contributed by atoms with E-state index < -0.39 is 0 Å². The number of benzene rings is 1. The van der Waals surface area contributed by atoms with Gasteiger partial charge in [0.15, 0.2) is 0 Å². The molecule has 0 saturated heterocycles. The van der Waals surface area contributed by atoms with Crippen LogP contribution in [0.2, 0.25) is 0 Å². The van der Waals surface area contributed by atoms with E-state index in [2.05, 4.69) is 4.98 Å². The van der Waals surface area contributed by atoms with Crippen molar-refractivity contribution in [1.82, 2.24) is 9.55 Å². The van der Waals surface area contributed by atoms with E-state index in [0.29, 0.717) is 6.54 Å². The van der Waals surface area contributed by atoms with Gasteiger partial charge in [0.1, 0.15) is 17.3 Å². The zero-order valence-corrected chi connectivity index (χ0v) is 10.8. The minimum absolute atomic E-state index is 0.423. The van der Waals surface area contributed by atoms with Crippen molar-refractivity contribution in [3.63, 3.8) is 0 Å². The fourth-order valence-corrected chi connectivity index (χ4v) is 1.86. The third-order valence-electron chi connectivity index (χ3n) is 2.79. The predicted octanol–water partition coefficient (Wildman–Crippen LogP) is 1.66. The van der Waals surface area contributed by atoms with E-state index in [4.69, 9.17) is 15.2 Å². The van der Waals surface area contributed by atoms with Crippen molar-refractivity contribution in [2.24, 2.45) is 5.73 Å². The van der Waals surface area contributed by atoms with E-state index in [-0.39, 0.29) is 0 Å². The van der Waals surface area contributed by atoms with E-state index in [1.165, 1.54) is 0 Å². The van der Waals surface area contributed by atoms with Crippen LogP contribution in [0.1, 0.15) is 11.5 Å². The Bertz CT molecular complexity index is 549. The quantitative estimate of drug-likeness (QED) is 0.892. The highest BCUT2D eigenvalue weighted by Gasteiger charge is 2.10. The number of imidazole rings is 1. The molecule has 1 heterocycles. The molecule has 0 fully saturated rings. The summed E-state index contributed by atoms with van der Waals surface area (Å²) < 4.78 is 12.5. The zero-order valence-electron chi connectivity index (χ0n) is 10.8. The summed E-state index contributed by atoms with van der Waals surface area (Å²) in [5, 5.41) is 0. The van der Waals surface area contributed by atoms with Gasteiger partial charge in [0.05, 0.1) is 25.6 Å². The molecule has 18 heavy (non-hydrogen) atoms. The molecule has 0 bridgehead atoms. The summed E-state index contributed by atoms with van der Waals surface area (Å²) in [5.74, 6) is 2.37. The Morgan fingerprint density at radius 3 is 2.61 bits per heavy atom. The topological polar surface area (TPSA) is 62.3 Å². The maximum Gasteiger partial charge on any atom is 0.146 e. The van der Waals surface area contributed by atoms with Gasteiger partial charge in [-0.05, 0) is 19.1 Å².